The first-order chi connectivity index (χ1) is 11.9. The number of nitrogen functional groups attached to an aromatic ring is 1. The van der Waals surface area contributed by atoms with E-state index in [-0.39, 0.29) is 11.3 Å². The van der Waals surface area contributed by atoms with E-state index in [9.17, 15) is 19.5 Å². The SMILES string of the molecule is COC(=O)c1cc(N)c(C(S)[C@H](NC(=O)OC(C)(C)C)C(=O)O)cc1C. The fourth-order valence-electron chi connectivity index (χ4n) is 2.22. The van der Waals surface area contributed by atoms with E-state index in [1.807, 2.05) is 0 Å². The number of hydrogen-bond donors (Lipinski definition) is 4. The molecule has 0 spiro atoms. The lowest BCUT2D eigenvalue weighted by Crippen LogP contribution is -2.45. The summed E-state index contributed by atoms with van der Waals surface area (Å²) in [5.41, 5.74) is 6.51. The van der Waals surface area contributed by atoms with Crippen molar-refractivity contribution < 1.29 is 29.0 Å². The maximum Gasteiger partial charge on any atom is 0.408 e. The summed E-state index contributed by atoms with van der Waals surface area (Å²) in [5, 5.41) is 10.8. The molecule has 1 rings (SSSR count). The normalized spacial score (nSPS) is 13.5. The summed E-state index contributed by atoms with van der Waals surface area (Å²) in [7, 11) is 1.25. The van der Waals surface area contributed by atoms with Crippen LogP contribution in [-0.2, 0) is 14.3 Å². The number of carboxylic acids is 1. The number of carbonyl (C=O) groups excluding carboxylic acids is 2. The number of thiol groups is 1. The van der Waals surface area contributed by atoms with Crippen molar-refractivity contribution in [2.24, 2.45) is 0 Å². The number of hydrogen-bond acceptors (Lipinski definition) is 7. The summed E-state index contributed by atoms with van der Waals surface area (Å²) < 4.78 is 9.76. The number of ether oxygens (including phenoxy) is 2. The van der Waals surface area contributed by atoms with Crippen LogP contribution in [0.2, 0.25) is 0 Å². The van der Waals surface area contributed by atoms with Gasteiger partial charge in [-0.3, -0.25) is 0 Å². The summed E-state index contributed by atoms with van der Waals surface area (Å²) >= 11 is 4.32. The van der Waals surface area contributed by atoms with Crippen molar-refractivity contribution in [3.05, 3.63) is 28.8 Å². The monoisotopic (exact) mass is 384 g/mol. The molecule has 0 aliphatic heterocycles. The van der Waals surface area contributed by atoms with E-state index in [4.69, 9.17) is 10.5 Å². The summed E-state index contributed by atoms with van der Waals surface area (Å²) in [5.74, 6) is -1.86. The van der Waals surface area contributed by atoms with Crippen LogP contribution in [0.1, 0.15) is 47.5 Å². The van der Waals surface area contributed by atoms with Gasteiger partial charge in [0.05, 0.1) is 17.9 Å². The molecule has 9 heteroatoms. The number of aliphatic carboxylic acids is 1. The maximum atomic E-state index is 11.9. The van der Waals surface area contributed by atoms with E-state index < -0.39 is 34.9 Å². The number of rotatable bonds is 5. The average Bonchev–Trinajstić information content (AvgIpc) is 2.51. The number of nitrogens with two attached hydrogens (primary N) is 1. The Bertz CT molecular complexity index is 714. The lowest BCUT2D eigenvalue weighted by molar-refractivity contribution is -0.139. The van der Waals surface area contributed by atoms with Gasteiger partial charge in [-0.25, -0.2) is 14.4 Å². The molecule has 0 fully saturated rings. The van der Waals surface area contributed by atoms with Gasteiger partial charge >= 0.3 is 18.0 Å². The molecule has 0 radical (unpaired) electrons. The van der Waals surface area contributed by atoms with Gasteiger partial charge in [0.25, 0.3) is 0 Å². The number of nitrogens with one attached hydrogen (secondary N) is 1. The number of amides is 1. The van der Waals surface area contributed by atoms with E-state index in [0.717, 1.165) is 0 Å². The number of benzene rings is 1. The Morgan fingerprint density at radius 1 is 1.27 bits per heavy atom. The van der Waals surface area contributed by atoms with Crippen molar-refractivity contribution in [3.63, 3.8) is 0 Å². The standard InChI is InChI=1S/C17H24N2O6S/c1-8-6-10(11(18)7-9(8)15(22)24-5)13(26)12(14(20)21)19-16(23)25-17(2,3)4/h6-7,12-13,26H,18H2,1-5H3,(H,19,23)(H,20,21)/t12-,13?/m0/s1. The van der Waals surface area contributed by atoms with Crippen LogP contribution in [0.4, 0.5) is 10.5 Å². The zero-order valence-corrected chi connectivity index (χ0v) is 16.2. The van der Waals surface area contributed by atoms with Crippen molar-refractivity contribution >= 4 is 36.3 Å². The van der Waals surface area contributed by atoms with Crippen molar-refractivity contribution in [2.45, 2.75) is 44.6 Å². The minimum absolute atomic E-state index is 0.160. The third-order valence-corrected chi connectivity index (χ3v) is 3.98. The Kier molecular flexibility index (Phi) is 6.91. The Labute approximate surface area is 157 Å². The van der Waals surface area contributed by atoms with Crippen LogP contribution >= 0.6 is 12.6 Å². The smallest absolute Gasteiger partial charge is 0.408 e. The first kappa shape index (κ1) is 21.6. The van der Waals surface area contributed by atoms with Crippen LogP contribution < -0.4 is 11.1 Å². The van der Waals surface area contributed by atoms with Gasteiger partial charge < -0.3 is 25.6 Å². The summed E-state index contributed by atoms with van der Waals surface area (Å²) in [4.78, 5) is 35.2. The van der Waals surface area contributed by atoms with Crippen LogP contribution in [0.15, 0.2) is 12.1 Å². The van der Waals surface area contributed by atoms with E-state index in [0.29, 0.717) is 11.1 Å². The molecule has 0 saturated heterocycles. The lowest BCUT2D eigenvalue weighted by atomic mass is 9.97. The third kappa shape index (κ3) is 5.55. The molecular formula is C17H24N2O6S. The van der Waals surface area contributed by atoms with Gasteiger partial charge in [0.15, 0.2) is 0 Å². The zero-order valence-electron chi connectivity index (χ0n) is 15.3. The number of carbonyl (C=O) groups is 3. The molecular weight excluding hydrogens is 360 g/mol. The number of aryl methyl sites for hydroxylation is 1. The second-order valence-corrected chi connectivity index (χ2v) is 7.25. The molecule has 0 aromatic heterocycles. The number of anilines is 1. The van der Waals surface area contributed by atoms with Gasteiger partial charge in [0.1, 0.15) is 11.6 Å². The minimum atomic E-state index is -1.39. The fourth-order valence-corrected chi connectivity index (χ4v) is 2.65. The maximum absolute atomic E-state index is 11.9. The highest BCUT2D eigenvalue weighted by atomic mass is 32.1. The third-order valence-electron chi connectivity index (χ3n) is 3.41. The summed E-state index contributed by atoms with van der Waals surface area (Å²) in [6, 6.07) is 1.55. The zero-order chi connectivity index (χ0) is 20.2. The Hall–Kier alpha value is -2.42. The van der Waals surface area contributed by atoms with Gasteiger partial charge in [-0.1, -0.05) is 6.07 Å². The van der Waals surface area contributed by atoms with Crippen molar-refractivity contribution in [2.75, 3.05) is 12.8 Å². The molecule has 144 valence electrons. The number of methoxy groups -OCH3 is 1. The molecule has 0 aliphatic carbocycles. The molecule has 0 heterocycles. The molecule has 4 N–H and O–H groups in total. The van der Waals surface area contributed by atoms with E-state index >= 15 is 0 Å². The van der Waals surface area contributed by atoms with Gasteiger partial charge in [0, 0.05) is 5.69 Å². The fraction of sp³-hybridized carbons (Fsp3) is 0.471. The predicted octanol–water partition coefficient (Wildman–Crippen LogP) is 2.31. The van der Waals surface area contributed by atoms with E-state index in [1.54, 1.807) is 33.8 Å². The molecule has 1 aromatic carbocycles. The number of esters is 1. The van der Waals surface area contributed by atoms with Crippen LogP contribution in [0.25, 0.3) is 0 Å². The molecule has 0 bridgehead atoms. The number of alkyl carbamates (subject to hydrolysis) is 1. The minimum Gasteiger partial charge on any atom is -0.480 e. The quantitative estimate of drug-likeness (QED) is 0.348. The van der Waals surface area contributed by atoms with Crippen LogP contribution in [0.3, 0.4) is 0 Å². The van der Waals surface area contributed by atoms with E-state index in [2.05, 4.69) is 22.7 Å². The summed E-state index contributed by atoms with van der Waals surface area (Å²) in [6.45, 7) is 6.64. The first-order valence-electron chi connectivity index (χ1n) is 7.76. The predicted molar refractivity (Wildman–Crippen MR) is 99.5 cm³/mol. The second kappa shape index (κ2) is 8.31. The van der Waals surface area contributed by atoms with Gasteiger partial charge in [-0.15, -0.1) is 0 Å². The van der Waals surface area contributed by atoms with Crippen molar-refractivity contribution in [1.82, 2.24) is 5.32 Å². The molecule has 1 amide bonds. The molecule has 2 atom stereocenters. The van der Waals surface area contributed by atoms with Gasteiger partial charge in [-0.2, -0.15) is 12.6 Å². The Balaban J connectivity index is 3.15. The summed E-state index contributed by atoms with van der Waals surface area (Å²) in [6.07, 6.45) is -0.884. The average molecular weight is 384 g/mol. The molecule has 26 heavy (non-hydrogen) atoms. The Morgan fingerprint density at radius 2 is 1.85 bits per heavy atom. The molecule has 1 unspecified atom stereocenters. The van der Waals surface area contributed by atoms with Crippen LogP contribution in [0.5, 0.6) is 0 Å². The van der Waals surface area contributed by atoms with Crippen molar-refractivity contribution in [1.29, 1.82) is 0 Å². The second-order valence-electron chi connectivity index (χ2n) is 6.69. The first-order valence-corrected chi connectivity index (χ1v) is 8.27. The topological polar surface area (TPSA) is 128 Å². The lowest BCUT2D eigenvalue weighted by Gasteiger charge is -2.25. The Morgan fingerprint density at radius 3 is 2.31 bits per heavy atom. The highest BCUT2D eigenvalue weighted by molar-refractivity contribution is 7.80. The molecule has 0 saturated carbocycles. The van der Waals surface area contributed by atoms with Gasteiger partial charge in [0.2, 0.25) is 0 Å². The van der Waals surface area contributed by atoms with Crippen molar-refractivity contribution in [3.8, 4) is 0 Å². The van der Waals surface area contributed by atoms with E-state index in [1.165, 1.54) is 13.2 Å². The molecule has 1 aromatic rings. The largest absolute Gasteiger partial charge is 0.480 e. The molecule has 0 aliphatic rings. The molecule has 8 nitrogen and oxygen atoms in total. The van der Waals surface area contributed by atoms with Gasteiger partial charge in [-0.05, 0) is 44.9 Å². The van der Waals surface area contributed by atoms with Crippen LogP contribution in [-0.4, -0.2) is 41.9 Å². The van der Waals surface area contributed by atoms with Crippen LogP contribution in [0, 0.1) is 6.92 Å². The highest BCUT2D eigenvalue weighted by Gasteiger charge is 2.32. The number of carboxylic acid groups (broad SMARTS) is 1. The highest BCUT2D eigenvalue weighted by Crippen LogP contribution is 2.32.